The highest BCUT2D eigenvalue weighted by molar-refractivity contribution is 6.06. The second-order valence-corrected chi connectivity index (χ2v) is 5.30. The number of carbonyl (C=O) groups excluding carboxylic acids is 1. The minimum absolute atomic E-state index is 0.0199. The SMILES string of the molecule is C=CCC1CN2c3c(cc(F)c(F)c3OCC2C)C1=O. The van der Waals surface area contributed by atoms with Crippen LogP contribution >= 0.6 is 0 Å². The third-order valence-corrected chi connectivity index (χ3v) is 3.94. The summed E-state index contributed by atoms with van der Waals surface area (Å²) < 4.78 is 32.8. The Balaban J connectivity index is 2.20. The van der Waals surface area contributed by atoms with E-state index in [2.05, 4.69) is 6.58 Å². The molecule has 106 valence electrons. The third kappa shape index (κ3) is 1.72. The molecule has 20 heavy (non-hydrogen) atoms. The largest absolute Gasteiger partial charge is 0.486 e. The van der Waals surface area contributed by atoms with Gasteiger partial charge in [-0.1, -0.05) is 6.08 Å². The number of anilines is 1. The van der Waals surface area contributed by atoms with Crippen molar-refractivity contribution in [2.75, 3.05) is 18.1 Å². The summed E-state index contributed by atoms with van der Waals surface area (Å²) in [6, 6.07) is 1.01. The van der Waals surface area contributed by atoms with Crippen LogP contribution in [-0.4, -0.2) is 25.0 Å². The second-order valence-electron chi connectivity index (χ2n) is 5.30. The Labute approximate surface area is 115 Å². The molecule has 2 heterocycles. The van der Waals surface area contributed by atoms with Crippen LogP contribution in [0.5, 0.6) is 5.75 Å². The van der Waals surface area contributed by atoms with Gasteiger partial charge in [0.25, 0.3) is 0 Å². The van der Waals surface area contributed by atoms with Gasteiger partial charge in [0.2, 0.25) is 5.82 Å². The van der Waals surface area contributed by atoms with Crippen LogP contribution in [0, 0.1) is 17.6 Å². The van der Waals surface area contributed by atoms with Crippen LogP contribution < -0.4 is 9.64 Å². The van der Waals surface area contributed by atoms with Crippen LogP contribution in [0.2, 0.25) is 0 Å². The van der Waals surface area contributed by atoms with Crippen LogP contribution in [-0.2, 0) is 0 Å². The first kappa shape index (κ1) is 13.1. The Morgan fingerprint density at radius 2 is 2.30 bits per heavy atom. The summed E-state index contributed by atoms with van der Waals surface area (Å²) in [4.78, 5) is 14.3. The molecule has 2 unspecified atom stereocenters. The summed E-state index contributed by atoms with van der Waals surface area (Å²) in [5, 5.41) is 0. The van der Waals surface area contributed by atoms with E-state index in [0.29, 0.717) is 18.7 Å². The first-order valence-electron chi connectivity index (χ1n) is 6.61. The molecule has 1 aromatic carbocycles. The second kappa shape index (κ2) is 4.58. The summed E-state index contributed by atoms with van der Waals surface area (Å²) in [6.45, 7) is 6.35. The minimum Gasteiger partial charge on any atom is -0.486 e. The molecule has 0 amide bonds. The van der Waals surface area contributed by atoms with Crippen LogP contribution in [0.4, 0.5) is 14.5 Å². The van der Waals surface area contributed by atoms with Crippen molar-refractivity contribution in [3.8, 4) is 5.75 Å². The minimum atomic E-state index is -1.04. The first-order valence-corrected chi connectivity index (χ1v) is 6.61. The Morgan fingerprint density at radius 1 is 1.55 bits per heavy atom. The van der Waals surface area contributed by atoms with Gasteiger partial charge in [-0.15, -0.1) is 6.58 Å². The number of nitrogens with zero attached hydrogens (tertiary/aromatic N) is 1. The molecule has 0 saturated carbocycles. The number of ketones is 1. The van der Waals surface area contributed by atoms with E-state index in [1.165, 1.54) is 0 Å². The average Bonchev–Trinajstić information content (AvgIpc) is 2.42. The van der Waals surface area contributed by atoms with Gasteiger partial charge in [0.1, 0.15) is 6.61 Å². The normalized spacial score (nSPS) is 24.1. The number of rotatable bonds is 2. The number of carbonyl (C=O) groups is 1. The lowest BCUT2D eigenvalue weighted by atomic mass is 9.87. The fourth-order valence-corrected chi connectivity index (χ4v) is 2.91. The lowest BCUT2D eigenvalue weighted by Gasteiger charge is -2.42. The number of allylic oxidation sites excluding steroid dienone is 1. The molecule has 2 aliphatic rings. The zero-order valence-electron chi connectivity index (χ0n) is 11.2. The van der Waals surface area contributed by atoms with Gasteiger partial charge in [-0.3, -0.25) is 4.79 Å². The number of benzene rings is 1. The quantitative estimate of drug-likeness (QED) is 0.780. The molecule has 1 aromatic rings. The van der Waals surface area contributed by atoms with Gasteiger partial charge in [0.05, 0.1) is 11.7 Å². The Kier molecular flexibility index (Phi) is 3.00. The zero-order valence-corrected chi connectivity index (χ0v) is 11.2. The molecule has 0 spiro atoms. The van der Waals surface area contributed by atoms with Gasteiger partial charge < -0.3 is 9.64 Å². The number of hydrogen-bond acceptors (Lipinski definition) is 3. The number of Topliss-reactive ketones (excluding diaryl/α,β-unsaturated/α-hetero) is 1. The molecule has 0 bridgehead atoms. The molecule has 2 aliphatic heterocycles. The summed E-state index contributed by atoms with van der Waals surface area (Å²) in [5.41, 5.74) is 0.608. The van der Waals surface area contributed by atoms with Crippen molar-refractivity contribution in [3.05, 3.63) is 35.9 Å². The topological polar surface area (TPSA) is 29.5 Å². The van der Waals surface area contributed by atoms with Crippen molar-refractivity contribution in [1.82, 2.24) is 0 Å². The molecule has 0 N–H and O–H groups in total. The number of ether oxygens (including phenoxy) is 1. The first-order chi connectivity index (χ1) is 9.54. The van der Waals surface area contributed by atoms with E-state index < -0.39 is 11.6 Å². The summed E-state index contributed by atoms with van der Waals surface area (Å²) >= 11 is 0. The van der Waals surface area contributed by atoms with Crippen LogP contribution in [0.1, 0.15) is 23.7 Å². The number of halogens is 2. The molecule has 0 radical (unpaired) electrons. The van der Waals surface area contributed by atoms with Gasteiger partial charge in [0, 0.05) is 18.0 Å². The van der Waals surface area contributed by atoms with E-state index in [0.717, 1.165) is 6.07 Å². The smallest absolute Gasteiger partial charge is 0.202 e. The summed E-state index contributed by atoms with van der Waals surface area (Å²) in [6.07, 6.45) is 2.20. The predicted molar refractivity (Wildman–Crippen MR) is 71.3 cm³/mol. The maximum Gasteiger partial charge on any atom is 0.202 e. The lowest BCUT2D eigenvalue weighted by Crippen LogP contribution is -2.49. The van der Waals surface area contributed by atoms with Crippen molar-refractivity contribution in [2.45, 2.75) is 19.4 Å². The molecule has 3 nitrogen and oxygen atoms in total. The molecule has 0 saturated heterocycles. The Hall–Kier alpha value is -1.91. The molecule has 0 aromatic heterocycles. The molecule has 5 heteroatoms. The fraction of sp³-hybridized carbons (Fsp3) is 0.400. The highest BCUT2D eigenvalue weighted by Gasteiger charge is 2.40. The summed E-state index contributed by atoms with van der Waals surface area (Å²) in [7, 11) is 0. The van der Waals surface area contributed by atoms with E-state index in [9.17, 15) is 13.6 Å². The molecule has 0 aliphatic carbocycles. The Bertz CT molecular complexity index is 600. The van der Waals surface area contributed by atoms with Crippen LogP contribution in [0.25, 0.3) is 0 Å². The van der Waals surface area contributed by atoms with E-state index in [4.69, 9.17) is 4.74 Å². The van der Waals surface area contributed by atoms with Crippen LogP contribution in [0.15, 0.2) is 18.7 Å². The highest BCUT2D eigenvalue weighted by atomic mass is 19.2. The molecular formula is C15H15F2NO2. The van der Waals surface area contributed by atoms with Gasteiger partial charge in [-0.05, 0) is 19.4 Å². The van der Waals surface area contributed by atoms with Gasteiger partial charge in [-0.25, -0.2) is 4.39 Å². The average molecular weight is 279 g/mol. The van der Waals surface area contributed by atoms with Gasteiger partial charge in [0.15, 0.2) is 17.3 Å². The summed E-state index contributed by atoms with van der Waals surface area (Å²) in [5.74, 6) is -2.63. The van der Waals surface area contributed by atoms with Crippen molar-refractivity contribution < 1.29 is 18.3 Å². The highest BCUT2D eigenvalue weighted by Crippen LogP contribution is 2.44. The molecular weight excluding hydrogens is 264 g/mol. The fourth-order valence-electron chi connectivity index (χ4n) is 2.91. The van der Waals surface area contributed by atoms with Gasteiger partial charge in [-0.2, -0.15) is 4.39 Å². The van der Waals surface area contributed by atoms with Crippen LogP contribution in [0.3, 0.4) is 0 Å². The molecule has 3 rings (SSSR count). The number of hydrogen-bond donors (Lipinski definition) is 0. The van der Waals surface area contributed by atoms with Crippen molar-refractivity contribution in [2.24, 2.45) is 5.92 Å². The van der Waals surface area contributed by atoms with E-state index in [1.807, 2.05) is 11.8 Å². The van der Waals surface area contributed by atoms with E-state index >= 15 is 0 Å². The van der Waals surface area contributed by atoms with Crippen molar-refractivity contribution in [3.63, 3.8) is 0 Å². The maximum absolute atomic E-state index is 13.8. The van der Waals surface area contributed by atoms with Crippen molar-refractivity contribution >= 4 is 11.5 Å². The Morgan fingerprint density at radius 3 is 3.00 bits per heavy atom. The predicted octanol–water partition coefficient (Wildman–Crippen LogP) is 2.94. The molecule has 0 fully saturated rings. The lowest BCUT2D eigenvalue weighted by molar-refractivity contribution is 0.0907. The van der Waals surface area contributed by atoms with E-state index in [-0.39, 0.29) is 35.7 Å². The maximum atomic E-state index is 13.8. The third-order valence-electron chi connectivity index (χ3n) is 3.94. The van der Waals surface area contributed by atoms with Gasteiger partial charge >= 0.3 is 0 Å². The van der Waals surface area contributed by atoms with Crippen molar-refractivity contribution in [1.29, 1.82) is 0 Å². The zero-order chi connectivity index (χ0) is 14.4. The standard InChI is InChI=1S/C15H15F2NO2/c1-3-4-9-6-18-8(2)7-20-15-12(17)11(16)5-10(13(15)18)14(9)19/h3,5,8-9H,1,4,6-7H2,2H3. The monoisotopic (exact) mass is 279 g/mol. The van der Waals surface area contributed by atoms with E-state index in [1.54, 1.807) is 6.08 Å². The molecule has 2 atom stereocenters.